The van der Waals surface area contributed by atoms with Crippen LogP contribution in [0.15, 0.2) is 0 Å². The van der Waals surface area contributed by atoms with Gasteiger partial charge in [-0.2, -0.15) is 5.26 Å². The van der Waals surface area contributed by atoms with Crippen molar-refractivity contribution < 1.29 is 9.53 Å². The molecule has 20 heavy (non-hydrogen) atoms. The Labute approximate surface area is 123 Å². The van der Waals surface area contributed by atoms with Gasteiger partial charge in [-0.1, -0.05) is 19.8 Å². The normalized spacial score (nSPS) is 11.9. The lowest BCUT2D eigenvalue weighted by molar-refractivity contribution is -0.132. The van der Waals surface area contributed by atoms with Gasteiger partial charge in [-0.25, -0.2) is 0 Å². The Hall–Kier alpha value is -1.12. The summed E-state index contributed by atoms with van der Waals surface area (Å²) in [4.78, 5) is 13.9. The van der Waals surface area contributed by atoms with Gasteiger partial charge in [-0.05, 0) is 25.3 Å². The van der Waals surface area contributed by atoms with Crippen LogP contribution in [-0.4, -0.2) is 44.2 Å². The van der Waals surface area contributed by atoms with Gasteiger partial charge in [0.05, 0.1) is 19.1 Å². The number of nitrogens with zero attached hydrogens (tertiary/aromatic N) is 2. The van der Waals surface area contributed by atoms with Gasteiger partial charge in [0.2, 0.25) is 5.91 Å². The Balaban J connectivity index is 4.23. The molecule has 116 valence electrons. The van der Waals surface area contributed by atoms with E-state index in [1.807, 2.05) is 0 Å². The van der Waals surface area contributed by atoms with E-state index in [0.717, 1.165) is 25.7 Å². The summed E-state index contributed by atoms with van der Waals surface area (Å²) >= 11 is 0. The summed E-state index contributed by atoms with van der Waals surface area (Å²) in [6, 6.07) is 2.08. The lowest BCUT2D eigenvalue weighted by Crippen LogP contribution is -2.34. The molecule has 5 heteroatoms. The van der Waals surface area contributed by atoms with Crippen LogP contribution in [0.5, 0.6) is 0 Å². The molecule has 0 saturated carbocycles. The van der Waals surface area contributed by atoms with Crippen molar-refractivity contribution >= 4 is 5.91 Å². The third-order valence-electron chi connectivity index (χ3n) is 3.45. The van der Waals surface area contributed by atoms with Gasteiger partial charge in [0.25, 0.3) is 0 Å². The second-order valence-corrected chi connectivity index (χ2v) is 5.05. The third kappa shape index (κ3) is 8.89. The molecule has 0 aliphatic rings. The summed E-state index contributed by atoms with van der Waals surface area (Å²) in [5.74, 6) is 0.657. The lowest BCUT2D eigenvalue weighted by Gasteiger charge is -2.22. The minimum Gasteiger partial charge on any atom is -0.383 e. The molecule has 0 fully saturated rings. The molecule has 0 saturated heterocycles. The fourth-order valence-corrected chi connectivity index (χ4v) is 2.31. The summed E-state index contributed by atoms with van der Waals surface area (Å²) in [5, 5.41) is 8.65. The smallest absolute Gasteiger partial charge is 0.222 e. The molecule has 0 heterocycles. The zero-order chi connectivity index (χ0) is 15.2. The van der Waals surface area contributed by atoms with Crippen molar-refractivity contribution in [2.24, 2.45) is 11.7 Å². The number of rotatable bonds is 12. The Morgan fingerprint density at radius 1 is 1.35 bits per heavy atom. The maximum atomic E-state index is 12.2. The highest BCUT2D eigenvalue weighted by molar-refractivity contribution is 5.76. The second-order valence-electron chi connectivity index (χ2n) is 5.05. The average Bonchev–Trinajstić information content (AvgIpc) is 2.45. The molecule has 0 aromatic rings. The van der Waals surface area contributed by atoms with E-state index in [2.05, 4.69) is 13.0 Å². The van der Waals surface area contributed by atoms with Crippen molar-refractivity contribution in [1.29, 1.82) is 5.26 Å². The zero-order valence-corrected chi connectivity index (χ0v) is 12.9. The fourth-order valence-electron chi connectivity index (χ4n) is 2.31. The zero-order valence-electron chi connectivity index (χ0n) is 12.9. The number of ether oxygens (including phenoxy) is 1. The van der Waals surface area contributed by atoms with Crippen LogP contribution >= 0.6 is 0 Å². The molecule has 1 unspecified atom stereocenters. The van der Waals surface area contributed by atoms with E-state index >= 15 is 0 Å². The Kier molecular flexibility index (Phi) is 12.2. The van der Waals surface area contributed by atoms with Crippen LogP contribution in [-0.2, 0) is 9.53 Å². The average molecular weight is 283 g/mol. The molecule has 5 nitrogen and oxygen atoms in total. The first kappa shape index (κ1) is 18.9. The van der Waals surface area contributed by atoms with E-state index in [-0.39, 0.29) is 5.91 Å². The van der Waals surface area contributed by atoms with Crippen molar-refractivity contribution in [3.8, 4) is 6.07 Å². The van der Waals surface area contributed by atoms with Crippen LogP contribution in [0.4, 0.5) is 0 Å². The standard InChI is InChI=1S/C15H29N3O2/c1-3-5-14(8-10-17)6-7-15(19)18(11-4-9-16)12-13-20-2/h14H,3-8,10-13,17H2,1-2H3. The minimum absolute atomic E-state index is 0.121. The van der Waals surface area contributed by atoms with Crippen molar-refractivity contribution in [3.05, 3.63) is 0 Å². The largest absolute Gasteiger partial charge is 0.383 e. The molecule has 0 rings (SSSR count). The molecule has 0 aromatic carbocycles. The summed E-state index contributed by atoms with van der Waals surface area (Å²) in [6.07, 6.45) is 5.04. The lowest BCUT2D eigenvalue weighted by atomic mass is 9.94. The van der Waals surface area contributed by atoms with Gasteiger partial charge in [0, 0.05) is 26.6 Å². The number of hydrogen-bond donors (Lipinski definition) is 1. The summed E-state index contributed by atoms with van der Waals surface area (Å²) < 4.78 is 5.01. The van der Waals surface area contributed by atoms with Crippen LogP contribution in [0.1, 0.15) is 45.4 Å². The fraction of sp³-hybridized carbons (Fsp3) is 0.867. The molecule has 0 aromatic heterocycles. The second kappa shape index (κ2) is 12.9. The quantitative estimate of drug-likeness (QED) is 0.593. The van der Waals surface area contributed by atoms with E-state index in [4.69, 9.17) is 15.7 Å². The number of carbonyl (C=O) groups is 1. The summed E-state index contributed by atoms with van der Waals surface area (Å²) in [7, 11) is 1.62. The van der Waals surface area contributed by atoms with Gasteiger partial charge < -0.3 is 15.4 Å². The number of nitriles is 1. The molecule has 0 spiro atoms. The van der Waals surface area contributed by atoms with Gasteiger partial charge in [-0.3, -0.25) is 4.79 Å². The highest BCUT2D eigenvalue weighted by Crippen LogP contribution is 2.17. The van der Waals surface area contributed by atoms with Crippen LogP contribution in [0.25, 0.3) is 0 Å². The molecule has 2 N–H and O–H groups in total. The van der Waals surface area contributed by atoms with Gasteiger partial charge in [0.1, 0.15) is 0 Å². The van der Waals surface area contributed by atoms with Crippen LogP contribution in [0.3, 0.4) is 0 Å². The Morgan fingerprint density at radius 2 is 2.10 bits per heavy atom. The summed E-state index contributed by atoms with van der Waals surface area (Å²) in [6.45, 7) is 4.41. The number of amides is 1. The molecular weight excluding hydrogens is 254 g/mol. The summed E-state index contributed by atoms with van der Waals surface area (Å²) in [5.41, 5.74) is 5.61. The van der Waals surface area contributed by atoms with Crippen molar-refractivity contribution in [3.63, 3.8) is 0 Å². The van der Waals surface area contributed by atoms with Crippen LogP contribution in [0.2, 0.25) is 0 Å². The predicted molar refractivity (Wildman–Crippen MR) is 80.0 cm³/mol. The maximum Gasteiger partial charge on any atom is 0.222 e. The SMILES string of the molecule is CCCC(CCN)CCC(=O)N(CCC#N)CCOC. The van der Waals surface area contributed by atoms with E-state index in [0.29, 0.717) is 45.0 Å². The first-order chi connectivity index (χ1) is 9.69. The van der Waals surface area contributed by atoms with E-state index in [9.17, 15) is 4.79 Å². The molecule has 1 amide bonds. The number of carbonyl (C=O) groups excluding carboxylic acids is 1. The maximum absolute atomic E-state index is 12.2. The van der Waals surface area contributed by atoms with E-state index < -0.39 is 0 Å². The molecule has 0 radical (unpaired) electrons. The molecular formula is C15H29N3O2. The third-order valence-corrected chi connectivity index (χ3v) is 3.45. The number of hydrogen-bond acceptors (Lipinski definition) is 4. The molecule has 0 aliphatic carbocycles. The highest BCUT2D eigenvalue weighted by Gasteiger charge is 2.15. The van der Waals surface area contributed by atoms with E-state index in [1.54, 1.807) is 12.0 Å². The molecule has 1 atom stereocenters. The van der Waals surface area contributed by atoms with Crippen LogP contribution < -0.4 is 5.73 Å². The topological polar surface area (TPSA) is 79.4 Å². The van der Waals surface area contributed by atoms with Gasteiger partial charge in [-0.15, -0.1) is 0 Å². The van der Waals surface area contributed by atoms with Crippen molar-refractivity contribution in [2.75, 3.05) is 33.4 Å². The Morgan fingerprint density at radius 3 is 2.65 bits per heavy atom. The van der Waals surface area contributed by atoms with Crippen molar-refractivity contribution in [1.82, 2.24) is 4.90 Å². The monoisotopic (exact) mass is 283 g/mol. The number of methoxy groups -OCH3 is 1. The first-order valence-corrected chi connectivity index (χ1v) is 7.53. The number of nitrogens with two attached hydrogens (primary N) is 1. The van der Waals surface area contributed by atoms with E-state index in [1.165, 1.54) is 0 Å². The highest BCUT2D eigenvalue weighted by atomic mass is 16.5. The first-order valence-electron chi connectivity index (χ1n) is 7.53. The molecule has 0 bridgehead atoms. The molecule has 0 aliphatic heterocycles. The minimum atomic E-state index is 0.121. The van der Waals surface area contributed by atoms with Gasteiger partial charge >= 0.3 is 0 Å². The van der Waals surface area contributed by atoms with Gasteiger partial charge in [0.15, 0.2) is 0 Å². The predicted octanol–water partition coefficient (Wildman–Crippen LogP) is 1.92. The van der Waals surface area contributed by atoms with Crippen LogP contribution in [0, 0.1) is 17.2 Å². The van der Waals surface area contributed by atoms with Crippen molar-refractivity contribution in [2.45, 2.75) is 45.4 Å². The Bertz CT molecular complexity index is 283.